The number of amides is 2. The molecule has 0 saturated carbocycles. The monoisotopic (exact) mass is 302 g/mol. The lowest BCUT2D eigenvalue weighted by molar-refractivity contribution is -0.126. The fourth-order valence-corrected chi connectivity index (χ4v) is 2.35. The number of benzene rings is 1. The Morgan fingerprint density at radius 2 is 2.09 bits per heavy atom. The zero-order valence-corrected chi connectivity index (χ0v) is 12.4. The molecule has 1 aliphatic rings. The summed E-state index contributed by atoms with van der Waals surface area (Å²) in [6, 6.07) is 6.54. The maximum absolute atomic E-state index is 12.1. The summed E-state index contributed by atoms with van der Waals surface area (Å²) in [6.45, 7) is 4.26. The predicted octanol–water partition coefficient (Wildman–Crippen LogP) is 1.13. The van der Waals surface area contributed by atoms with Gasteiger partial charge in [-0.25, -0.2) is 4.79 Å². The van der Waals surface area contributed by atoms with E-state index < -0.39 is 5.97 Å². The Morgan fingerprint density at radius 3 is 2.68 bits per heavy atom. The Bertz CT molecular complexity index is 595. The van der Waals surface area contributed by atoms with Gasteiger partial charge in [0.2, 0.25) is 11.8 Å². The summed E-state index contributed by atoms with van der Waals surface area (Å²) in [6.07, 6.45) is 1.78. The first kappa shape index (κ1) is 15.8. The summed E-state index contributed by atoms with van der Waals surface area (Å²) in [5.41, 5.74) is 1.08. The molecule has 0 radical (unpaired) electrons. The van der Waals surface area contributed by atoms with Crippen molar-refractivity contribution >= 4 is 23.5 Å². The average molecular weight is 302 g/mol. The van der Waals surface area contributed by atoms with Crippen molar-refractivity contribution < 1.29 is 19.1 Å². The van der Waals surface area contributed by atoms with Crippen molar-refractivity contribution in [1.82, 2.24) is 5.32 Å². The third-order valence-electron chi connectivity index (χ3n) is 3.52. The molecule has 1 aromatic carbocycles. The van der Waals surface area contributed by atoms with Crippen LogP contribution in [0, 0.1) is 5.92 Å². The van der Waals surface area contributed by atoms with Gasteiger partial charge >= 0.3 is 5.97 Å². The molecule has 2 amide bonds. The van der Waals surface area contributed by atoms with Gasteiger partial charge in [0.25, 0.3) is 0 Å². The number of ether oxygens (including phenoxy) is 1. The number of hydrogen-bond acceptors (Lipinski definition) is 4. The van der Waals surface area contributed by atoms with E-state index in [2.05, 4.69) is 16.6 Å². The highest BCUT2D eigenvalue weighted by Gasteiger charge is 2.34. The molecular weight excluding hydrogens is 284 g/mol. The van der Waals surface area contributed by atoms with Crippen LogP contribution < -0.4 is 10.2 Å². The Labute approximate surface area is 128 Å². The maximum atomic E-state index is 12.1. The number of nitrogens with one attached hydrogen (secondary N) is 1. The van der Waals surface area contributed by atoms with Crippen LogP contribution >= 0.6 is 0 Å². The van der Waals surface area contributed by atoms with Crippen molar-refractivity contribution in [1.29, 1.82) is 0 Å². The minimum Gasteiger partial charge on any atom is -0.465 e. The molecule has 1 aromatic rings. The molecule has 0 aliphatic carbocycles. The number of esters is 1. The van der Waals surface area contributed by atoms with Gasteiger partial charge in [-0.15, -0.1) is 6.58 Å². The molecule has 116 valence electrons. The van der Waals surface area contributed by atoms with Crippen LogP contribution in [0.5, 0.6) is 0 Å². The lowest BCUT2D eigenvalue weighted by Gasteiger charge is -2.17. The highest BCUT2D eigenvalue weighted by molar-refractivity contribution is 6.00. The molecule has 0 aromatic heterocycles. The summed E-state index contributed by atoms with van der Waals surface area (Å²) in [7, 11) is 1.31. The highest BCUT2D eigenvalue weighted by atomic mass is 16.5. The zero-order valence-electron chi connectivity index (χ0n) is 12.4. The molecule has 1 heterocycles. The van der Waals surface area contributed by atoms with E-state index in [4.69, 9.17) is 0 Å². The summed E-state index contributed by atoms with van der Waals surface area (Å²) in [4.78, 5) is 36.9. The molecule has 0 bridgehead atoms. The Kier molecular flexibility index (Phi) is 4.93. The van der Waals surface area contributed by atoms with Crippen LogP contribution in [-0.4, -0.2) is 38.0 Å². The largest absolute Gasteiger partial charge is 0.465 e. The van der Waals surface area contributed by atoms with Crippen LogP contribution in [0.1, 0.15) is 16.8 Å². The summed E-state index contributed by atoms with van der Waals surface area (Å²) in [5.74, 6) is -1.06. The Balaban J connectivity index is 2.06. The second-order valence-corrected chi connectivity index (χ2v) is 4.98. The molecule has 6 nitrogen and oxygen atoms in total. The molecule has 1 aliphatic heterocycles. The smallest absolute Gasteiger partial charge is 0.337 e. The van der Waals surface area contributed by atoms with Gasteiger partial charge in [0.05, 0.1) is 18.6 Å². The van der Waals surface area contributed by atoms with Crippen molar-refractivity contribution in [2.24, 2.45) is 5.92 Å². The summed E-state index contributed by atoms with van der Waals surface area (Å²) >= 11 is 0. The number of nitrogens with zero attached hydrogens (tertiary/aromatic N) is 1. The van der Waals surface area contributed by atoms with E-state index in [9.17, 15) is 14.4 Å². The molecule has 1 unspecified atom stereocenters. The van der Waals surface area contributed by atoms with E-state index in [0.717, 1.165) is 0 Å². The lowest BCUT2D eigenvalue weighted by atomic mass is 10.1. The Hall–Kier alpha value is -2.63. The average Bonchev–Trinajstić information content (AvgIpc) is 2.94. The number of methoxy groups -OCH3 is 1. The molecular formula is C16H18N2O4. The minimum atomic E-state index is -0.430. The molecule has 1 N–H and O–H groups in total. The normalized spacial score (nSPS) is 17.2. The van der Waals surface area contributed by atoms with Gasteiger partial charge in [0.1, 0.15) is 0 Å². The summed E-state index contributed by atoms with van der Waals surface area (Å²) < 4.78 is 4.63. The first-order chi connectivity index (χ1) is 10.6. The topological polar surface area (TPSA) is 75.7 Å². The first-order valence-corrected chi connectivity index (χ1v) is 6.94. The van der Waals surface area contributed by atoms with Gasteiger partial charge in [-0.3, -0.25) is 9.59 Å². The van der Waals surface area contributed by atoms with Crippen LogP contribution in [0.15, 0.2) is 36.9 Å². The molecule has 0 spiro atoms. The number of hydrogen-bond donors (Lipinski definition) is 1. The van der Waals surface area contributed by atoms with Gasteiger partial charge in [0.15, 0.2) is 0 Å². The second-order valence-electron chi connectivity index (χ2n) is 4.98. The SMILES string of the molecule is C=CCNC(=O)C1CC(=O)N(c2ccc(C(=O)OC)cc2)C1. The van der Waals surface area contributed by atoms with Crippen LogP contribution in [0.2, 0.25) is 0 Å². The Morgan fingerprint density at radius 1 is 1.41 bits per heavy atom. The van der Waals surface area contributed by atoms with Crippen molar-refractivity contribution in [3.05, 3.63) is 42.5 Å². The van der Waals surface area contributed by atoms with Crippen molar-refractivity contribution in [3.8, 4) is 0 Å². The van der Waals surface area contributed by atoms with Crippen LogP contribution in [0.4, 0.5) is 5.69 Å². The molecule has 1 saturated heterocycles. The van der Waals surface area contributed by atoms with E-state index in [1.807, 2.05) is 0 Å². The van der Waals surface area contributed by atoms with Gasteiger partial charge in [-0.2, -0.15) is 0 Å². The van der Waals surface area contributed by atoms with Crippen molar-refractivity contribution in [2.45, 2.75) is 6.42 Å². The highest BCUT2D eigenvalue weighted by Crippen LogP contribution is 2.25. The van der Waals surface area contributed by atoms with Crippen molar-refractivity contribution in [2.75, 3.05) is 25.1 Å². The van der Waals surface area contributed by atoms with Crippen LogP contribution in [0.25, 0.3) is 0 Å². The third kappa shape index (κ3) is 3.33. The first-order valence-electron chi connectivity index (χ1n) is 6.94. The number of carbonyl (C=O) groups is 3. The number of rotatable bonds is 5. The van der Waals surface area contributed by atoms with E-state index in [-0.39, 0.29) is 24.2 Å². The van der Waals surface area contributed by atoms with Crippen molar-refractivity contribution in [3.63, 3.8) is 0 Å². The zero-order chi connectivity index (χ0) is 16.1. The fourth-order valence-electron chi connectivity index (χ4n) is 2.35. The maximum Gasteiger partial charge on any atom is 0.337 e. The molecule has 22 heavy (non-hydrogen) atoms. The van der Waals surface area contributed by atoms with E-state index >= 15 is 0 Å². The van der Waals surface area contributed by atoms with Crippen LogP contribution in [0.3, 0.4) is 0 Å². The standard InChI is InChI=1S/C16H18N2O4/c1-3-8-17-15(20)12-9-14(19)18(10-12)13-6-4-11(5-7-13)16(21)22-2/h3-7,12H,1,8-10H2,2H3,(H,17,20). The minimum absolute atomic E-state index is 0.107. The number of carbonyl (C=O) groups excluding carboxylic acids is 3. The van der Waals surface area contributed by atoms with E-state index in [0.29, 0.717) is 24.3 Å². The molecule has 1 fully saturated rings. The molecule has 2 rings (SSSR count). The van der Waals surface area contributed by atoms with E-state index in [1.54, 1.807) is 35.2 Å². The fraction of sp³-hybridized carbons (Fsp3) is 0.312. The molecule has 6 heteroatoms. The van der Waals surface area contributed by atoms with Gasteiger partial charge in [-0.1, -0.05) is 6.08 Å². The second kappa shape index (κ2) is 6.89. The van der Waals surface area contributed by atoms with E-state index in [1.165, 1.54) is 7.11 Å². The third-order valence-corrected chi connectivity index (χ3v) is 3.52. The van der Waals surface area contributed by atoms with Crippen LogP contribution in [-0.2, 0) is 14.3 Å². The quantitative estimate of drug-likeness (QED) is 0.653. The van der Waals surface area contributed by atoms with Gasteiger partial charge in [0, 0.05) is 25.2 Å². The molecule has 1 atom stereocenters. The lowest BCUT2D eigenvalue weighted by Crippen LogP contribution is -2.33. The predicted molar refractivity (Wildman–Crippen MR) is 81.4 cm³/mol. The van der Waals surface area contributed by atoms with Gasteiger partial charge in [-0.05, 0) is 24.3 Å². The van der Waals surface area contributed by atoms with Gasteiger partial charge < -0.3 is 15.0 Å². The number of anilines is 1. The summed E-state index contributed by atoms with van der Waals surface area (Å²) in [5, 5.41) is 2.70.